The summed E-state index contributed by atoms with van der Waals surface area (Å²) in [6, 6.07) is 4.02. The topological polar surface area (TPSA) is 32.3 Å². The van der Waals surface area contributed by atoms with Gasteiger partial charge < -0.3 is 10.4 Å². The van der Waals surface area contributed by atoms with Crippen molar-refractivity contribution in [2.75, 3.05) is 6.54 Å². The maximum absolute atomic E-state index is 9.40. The van der Waals surface area contributed by atoms with E-state index in [0.29, 0.717) is 0 Å². The third kappa shape index (κ3) is 3.74. The number of hydrogen-bond acceptors (Lipinski definition) is 3. The number of halogens is 1. The van der Waals surface area contributed by atoms with Crippen molar-refractivity contribution in [2.45, 2.75) is 38.3 Å². The van der Waals surface area contributed by atoms with Crippen LogP contribution in [0.5, 0.6) is 0 Å². The van der Waals surface area contributed by atoms with Gasteiger partial charge in [-0.15, -0.1) is 11.3 Å². The summed E-state index contributed by atoms with van der Waals surface area (Å²) < 4.78 is 0.859. The Bertz CT molecular complexity index is 321. The zero-order valence-electron chi connectivity index (χ0n) is 9.29. The van der Waals surface area contributed by atoms with Crippen LogP contribution in [0.3, 0.4) is 0 Å². The minimum absolute atomic E-state index is 0.0487. The molecule has 1 aromatic rings. The predicted molar refractivity (Wildman–Crippen MR) is 69.0 cm³/mol. The molecule has 1 aliphatic carbocycles. The lowest BCUT2D eigenvalue weighted by Crippen LogP contribution is -2.27. The molecule has 0 saturated heterocycles. The van der Waals surface area contributed by atoms with Gasteiger partial charge in [-0.2, -0.15) is 0 Å². The zero-order chi connectivity index (χ0) is 11.4. The molecule has 1 aliphatic rings. The smallest absolute Gasteiger partial charge is 0.0931 e. The van der Waals surface area contributed by atoms with Crippen LogP contribution >= 0.6 is 22.9 Å². The van der Waals surface area contributed by atoms with Gasteiger partial charge in [0.05, 0.1) is 10.4 Å². The Morgan fingerprint density at radius 1 is 1.31 bits per heavy atom. The van der Waals surface area contributed by atoms with E-state index < -0.39 is 0 Å². The molecule has 2 nitrogen and oxygen atoms in total. The molecule has 0 spiro atoms. The maximum Gasteiger partial charge on any atom is 0.0931 e. The standard InChI is InChI=1S/C12H18ClNOS/c13-12-6-5-11(16-12)8-14-7-9-1-3-10(15)4-2-9/h5-6,9-10,14-15H,1-4,7-8H2. The predicted octanol–water partition coefficient (Wildman–Crippen LogP) is 3.04. The molecule has 90 valence electrons. The number of aliphatic hydroxyl groups is 1. The van der Waals surface area contributed by atoms with E-state index in [0.717, 1.165) is 49.0 Å². The summed E-state index contributed by atoms with van der Waals surface area (Å²) in [7, 11) is 0. The first-order valence-electron chi connectivity index (χ1n) is 5.87. The molecule has 2 N–H and O–H groups in total. The molecule has 0 aromatic carbocycles. The Labute approximate surface area is 106 Å². The van der Waals surface area contributed by atoms with E-state index in [1.54, 1.807) is 11.3 Å². The second-order valence-corrected chi connectivity index (χ2v) is 6.31. The van der Waals surface area contributed by atoms with E-state index in [-0.39, 0.29) is 6.10 Å². The largest absolute Gasteiger partial charge is 0.393 e. The molecule has 0 bridgehead atoms. The molecule has 16 heavy (non-hydrogen) atoms. The van der Waals surface area contributed by atoms with Crippen molar-refractivity contribution in [3.63, 3.8) is 0 Å². The van der Waals surface area contributed by atoms with Crippen LogP contribution < -0.4 is 5.32 Å². The summed E-state index contributed by atoms with van der Waals surface area (Å²) in [4.78, 5) is 1.29. The van der Waals surface area contributed by atoms with Gasteiger partial charge in [-0.25, -0.2) is 0 Å². The number of rotatable bonds is 4. The number of thiophene rings is 1. The Hall–Kier alpha value is -0.0900. The molecule has 0 unspecified atom stereocenters. The van der Waals surface area contributed by atoms with Crippen molar-refractivity contribution in [1.29, 1.82) is 0 Å². The van der Waals surface area contributed by atoms with Gasteiger partial charge in [0.2, 0.25) is 0 Å². The molecule has 1 heterocycles. The lowest BCUT2D eigenvalue weighted by molar-refractivity contribution is 0.108. The van der Waals surface area contributed by atoms with Crippen LogP contribution in [0.15, 0.2) is 12.1 Å². The van der Waals surface area contributed by atoms with Crippen LogP contribution in [0.4, 0.5) is 0 Å². The van der Waals surface area contributed by atoms with Gasteiger partial charge >= 0.3 is 0 Å². The van der Waals surface area contributed by atoms with E-state index in [2.05, 4.69) is 11.4 Å². The van der Waals surface area contributed by atoms with Crippen molar-refractivity contribution < 1.29 is 5.11 Å². The highest BCUT2D eigenvalue weighted by Crippen LogP contribution is 2.24. The summed E-state index contributed by atoms with van der Waals surface area (Å²) in [6.07, 6.45) is 4.19. The normalized spacial score (nSPS) is 25.9. The van der Waals surface area contributed by atoms with Gasteiger partial charge in [0.1, 0.15) is 0 Å². The summed E-state index contributed by atoms with van der Waals surface area (Å²) >= 11 is 7.50. The molecule has 0 amide bonds. The van der Waals surface area contributed by atoms with Crippen LogP contribution in [0.2, 0.25) is 4.34 Å². The summed E-state index contributed by atoms with van der Waals surface area (Å²) in [6.45, 7) is 1.97. The molecule has 1 saturated carbocycles. The first kappa shape index (κ1) is 12.4. The quantitative estimate of drug-likeness (QED) is 0.871. The fraction of sp³-hybridized carbons (Fsp3) is 0.667. The molecule has 1 aromatic heterocycles. The molecule has 0 radical (unpaired) electrons. The molecule has 4 heteroatoms. The van der Waals surface area contributed by atoms with Gasteiger partial charge in [-0.3, -0.25) is 0 Å². The SMILES string of the molecule is OC1CCC(CNCc2ccc(Cl)s2)CC1. The highest BCUT2D eigenvalue weighted by atomic mass is 35.5. The van der Waals surface area contributed by atoms with E-state index in [1.165, 1.54) is 4.88 Å². The lowest BCUT2D eigenvalue weighted by Gasteiger charge is -2.25. The van der Waals surface area contributed by atoms with Crippen LogP contribution in [-0.4, -0.2) is 17.8 Å². The third-order valence-corrected chi connectivity index (χ3v) is 4.41. The first-order chi connectivity index (χ1) is 7.74. The van der Waals surface area contributed by atoms with Gasteiger partial charge in [0.25, 0.3) is 0 Å². The summed E-state index contributed by atoms with van der Waals surface area (Å²) in [5.41, 5.74) is 0. The monoisotopic (exact) mass is 259 g/mol. The molecule has 1 fully saturated rings. The van der Waals surface area contributed by atoms with Crippen molar-refractivity contribution in [3.8, 4) is 0 Å². The van der Waals surface area contributed by atoms with Crippen LogP contribution in [0.25, 0.3) is 0 Å². The van der Waals surface area contributed by atoms with Crippen LogP contribution in [-0.2, 0) is 6.54 Å². The first-order valence-corrected chi connectivity index (χ1v) is 7.06. The van der Waals surface area contributed by atoms with Crippen LogP contribution in [0.1, 0.15) is 30.6 Å². The van der Waals surface area contributed by atoms with Crippen molar-refractivity contribution >= 4 is 22.9 Å². The molecular weight excluding hydrogens is 242 g/mol. The van der Waals surface area contributed by atoms with E-state index in [1.807, 2.05) is 6.07 Å². The fourth-order valence-corrected chi connectivity index (χ4v) is 3.25. The number of nitrogens with one attached hydrogen (secondary N) is 1. The van der Waals surface area contributed by atoms with Crippen molar-refractivity contribution in [2.24, 2.45) is 5.92 Å². The number of hydrogen-bond donors (Lipinski definition) is 2. The fourth-order valence-electron chi connectivity index (χ4n) is 2.20. The minimum Gasteiger partial charge on any atom is -0.393 e. The zero-order valence-corrected chi connectivity index (χ0v) is 10.9. The van der Waals surface area contributed by atoms with Gasteiger partial charge in [0, 0.05) is 11.4 Å². The third-order valence-electron chi connectivity index (χ3n) is 3.18. The maximum atomic E-state index is 9.40. The molecular formula is C12H18ClNOS. The Morgan fingerprint density at radius 2 is 2.06 bits per heavy atom. The van der Waals surface area contributed by atoms with Gasteiger partial charge in [-0.05, 0) is 50.3 Å². The lowest BCUT2D eigenvalue weighted by atomic mass is 9.87. The van der Waals surface area contributed by atoms with Gasteiger partial charge in [-0.1, -0.05) is 11.6 Å². The second-order valence-electron chi connectivity index (χ2n) is 4.51. The molecule has 0 atom stereocenters. The van der Waals surface area contributed by atoms with Gasteiger partial charge in [0.15, 0.2) is 0 Å². The Kier molecular flexibility index (Phi) is 4.65. The minimum atomic E-state index is -0.0487. The highest BCUT2D eigenvalue weighted by molar-refractivity contribution is 7.16. The highest BCUT2D eigenvalue weighted by Gasteiger charge is 2.18. The molecule has 0 aliphatic heterocycles. The Balaban J connectivity index is 1.64. The summed E-state index contributed by atoms with van der Waals surface area (Å²) in [5, 5.41) is 12.9. The Morgan fingerprint density at radius 3 is 2.69 bits per heavy atom. The van der Waals surface area contributed by atoms with E-state index >= 15 is 0 Å². The average molecular weight is 260 g/mol. The van der Waals surface area contributed by atoms with Crippen molar-refractivity contribution in [3.05, 3.63) is 21.3 Å². The van der Waals surface area contributed by atoms with E-state index in [9.17, 15) is 5.11 Å². The number of aliphatic hydroxyl groups excluding tert-OH is 1. The molecule has 2 rings (SSSR count). The second kappa shape index (κ2) is 6.01. The summed E-state index contributed by atoms with van der Waals surface area (Å²) in [5.74, 6) is 0.735. The van der Waals surface area contributed by atoms with E-state index in [4.69, 9.17) is 11.6 Å². The average Bonchev–Trinajstić information content (AvgIpc) is 2.67. The van der Waals surface area contributed by atoms with Crippen LogP contribution in [0, 0.1) is 5.92 Å². The van der Waals surface area contributed by atoms with Crippen molar-refractivity contribution in [1.82, 2.24) is 5.32 Å².